The Hall–Kier alpha value is -0.840. The summed E-state index contributed by atoms with van der Waals surface area (Å²) in [5, 5.41) is 7.10. The van der Waals surface area contributed by atoms with Crippen molar-refractivity contribution in [3.8, 4) is 0 Å². The molecular weight excluding hydrogens is 270 g/mol. The van der Waals surface area contributed by atoms with Crippen LogP contribution < -0.4 is 10.6 Å². The van der Waals surface area contributed by atoms with E-state index < -0.39 is 0 Å². The smallest absolute Gasteiger partial charge is 0.240 e. The molecule has 1 amide bonds. The van der Waals surface area contributed by atoms with Gasteiger partial charge in [0.05, 0.1) is 6.54 Å². The van der Waals surface area contributed by atoms with Crippen molar-refractivity contribution >= 4 is 23.2 Å². The first kappa shape index (κ1) is 17.2. The molecule has 20 heavy (non-hydrogen) atoms. The quantitative estimate of drug-likeness (QED) is 0.783. The fourth-order valence-corrected chi connectivity index (χ4v) is 2.83. The molecule has 1 rings (SSSR count). The number of thiocarbonyl (C=S) groups is 1. The predicted molar refractivity (Wildman–Crippen MR) is 87.7 cm³/mol. The molecule has 0 unspecified atom stereocenters. The Labute approximate surface area is 128 Å². The van der Waals surface area contributed by atoms with Gasteiger partial charge in [0.1, 0.15) is 0 Å². The highest BCUT2D eigenvalue weighted by atomic mass is 32.1. The maximum atomic E-state index is 12.0. The Morgan fingerprint density at radius 1 is 1.25 bits per heavy atom. The highest BCUT2D eigenvalue weighted by molar-refractivity contribution is 7.80. The van der Waals surface area contributed by atoms with Crippen LogP contribution in [0.5, 0.6) is 0 Å². The molecule has 0 atom stereocenters. The number of hydrogen-bond donors (Lipinski definition) is 2. The van der Waals surface area contributed by atoms with Gasteiger partial charge in [-0.2, -0.15) is 0 Å². The van der Waals surface area contributed by atoms with Crippen molar-refractivity contribution in [1.82, 2.24) is 15.5 Å². The number of likely N-dealkylation sites (N-methyl/N-ethyl adjacent to an activating group) is 1. The third-order valence-electron chi connectivity index (χ3n) is 3.45. The summed E-state index contributed by atoms with van der Waals surface area (Å²) in [6, 6.07) is 0.482. The Morgan fingerprint density at radius 3 is 2.35 bits per heavy atom. The molecule has 0 radical (unpaired) electrons. The van der Waals surface area contributed by atoms with Crippen molar-refractivity contribution in [2.45, 2.75) is 71.4 Å². The van der Waals surface area contributed by atoms with Crippen LogP contribution in [0.2, 0.25) is 0 Å². The van der Waals surface area contributed by atoms with Gasteiger partial charge < -0.3 is 15.5 Å². The molecule has 0 aliphatic heterocycles. The summed E-state index contributed by atoms with van der Waals surface area (Å²) in [4.78, 5) is 13.9. The first-order valence-electron chi connectivity index (χ1n) is 7.68. The van der Waals surface area contributed by atoms with Crippen molar-refractivity contribution in [3.05, 3.63) is 0 Å². The monoisotopic (exact) mass is 299 g/mol. The molecule has 5 heteroatoms. The van der Waals surface area contributed by atoms with E-state index in [0.717, 1.165) is 6.54 Å². The fraction of sp³-hybridized carbons (Fsp3) is 0.867. The van der Waals surface area contributed by atoms with E-state index in [0.29, 0.717) is 17.7 Å². The summed E-state index contributed by atoms with van der Waals surface area (Å²) >= 11 is 5.45. The molecule has 0 saturated heterocycles. The van der Waals surface area contributed by atoms with E-state index in [1.165, 1.54) is 32.1 Å². The van der Waals surface area contributed by atoms with Gasteiger partial charge in [-0.05, 0) is 52.8 Å². The molecule has 1 saturated carbocycles. The van der Waals surface area contributed by atoms with Gasteiger partial charge in [-0.25, -0.2) is 0 Å². The first-order chi connectivity index (χ1) is 9.31. The molecule has 0 aromatic rings. The topological polar surface area (TPSA) is 44.4 Å². The average Bonchev–Trinajstić information content (AvgIpc) is 2.35. The van der Waals surface area contributed by atoms with Crippen molar-refractivity contribution in [2.24, 2.45) is 0 Å². The zero-order valence-corrected chi connectivity index (χ0v) is 14.1. The number of carbonyl (C=O) groups excluding carboxylic acids is 1. The number of nitrogens with zero attached hydrogens (tertiary/aromatic N) is 1. The fourth-order valence-electron chi connectivity index (χ4n) is 2.47. The maximum Gasteiger partial charge on any atom is 0.240 e. The lowest BCUT2D eigenvalue weighted by molar-refractivity contribution is -0.122. The SMILES string of the molecule is CCN(CC(=O)NC(C)(C)C)C(=S)NC1CCCCC1. The third-order valence-corrected chi connectivity index (χ3v) is 3.83. The zero-order chi connectivity index (χ0) is 15.2. The molecule has 0 aromatic heterocycles. The van der Waals surface area contributed by atoms with E-state index in [2.05, 4.69) is 10.6 Å². The molecule has 0 heterocycles. The van der Waals surface area contributed by atoms with E-state index in [9.17, 15) is 4.79 Å². The van der Waals surface area contributed by atoms with Crippen molar-refractivity contribution in [3.63, 3.8) is 0 Å². The van der Waals surface area contributed by atoms with E-state index in [1.807, 2.05) is 32.6 Å². The lowest BCUT2D eigenvalue weighted by atomic mass is 9.96. The normalized spacial score (nSPS) is 16.6. The molecule has 1 aliphatic carbocycles. The third kappa shape index (κ3) is 6.55. The number of amides is 1. The first-order valence-corrected chi connectivity index (χ1v) is 8.09. The second-order valence-electron chi connectivity index (χ2n) is 6.60. The van der Waals surface area contributed by atoms with Crippen LogP contribution in [0, 0.1) is 0 Å². The minimum Gasteiger partial charge on any atom is -0.360 e. The molecule has 4 nitrogen and oxygen atoms in total. The van der Waals surface area contributed by atoms with Crippen LogP contribution in [0.25, 0.3) is 0 Å². The van der Waals surface area contributed by atoms with E-state index >= 15 is 0 Å². The molecule has 2 N–H and O–H groups in total. The largest absolute Gasteiger partial charge is 0.360 e. The standard InChI is InChI=1S/C15H29N3OS/c1-5-18(11-13(19)17-15(2,3)4)14(20)16-12-9-7-6-8-10-12/h12H,5-11H2,1-4H3,(H,16,20)(H,17,19). The van der Waals surface area contributed by atoms with Crippen molar-refractivity contribution in [2.75, 3.05) is 13.1 Å². The summed E-state index contributed by atoms with van der Waals surface area (Å²) in [5.74, 6) is 0.0205. The Balaban J connectivity index is 2.43. The van der Waals surface area contributed by atoms with Crippen LogP contribution in [-0.4, -0.2) is 40.6 Å². The van der Waals surface area contributed by atoms with Crippen molar-refractivity contribution in [1.29, 1.82) is 0 Å². The van der Waals surface area contributed by atoms with Gasteiger partial charge in [-0.15, -0.1) is 0 Å². The van der Waals surface area contributed by atoms with Crippen molar-refractivity contribution < 1.29 is 4.79 Å². The van der Waals surface area contributed by atoms with E-state index in [1.54, 1.807) is 0 Å². The van der Waals surface area contributed by atoms with Crippen LogP contribution in [-0.2, 0) is 4.79 Å². The second-order valence-corrected chi connectivity index (χ2v) is 6.98. The van der Waals surface area contributed by atoms with Crippen LogP contribution in [0.4, 0.5) is 0 Å². The van der Waals surface area contributed by atoms with Crippen LogP contribution >= 0.6 is 12.2 Å². The summed E-state index contributed by atoms with van der Waals surface area (Å²) < 4.78 is 0. The molecule has 0 spiro atoms. The van der Waals surface area contributed by atoms with Gasteiger partial charge in [0.2, 0.25) is 5.91 Å². The van der Waals surface area contributed by atoms with E-state index in [4.69, 9.17) is 12.2 Å². The summed E-state index contributed by atoms with van der Waals surface area (Å²) in [7, 11) is 0. The lowest BCUT2D eigenvalue weighted by Gasteiger charge is -2.30. The van der Waals surface area contributed by atoms with Gasteiger partial charge in [0.15, 0.2) is 5.11 Å². The Morgan fingerprint density at radius 2 is 1.85 bits per heavy atom. The maximum absolute atomic E-state index is 12.0. The lowest BCUT2D eigenvalue weighted by Crippen LogP contribution is -2.51. The second kappa shape index (κ2) is 7.81. The number of hydrogen-bond acceptors (Lipinski definition) is 2. The van der Waals surface area contributed by atoms with E-state index in [-0.39, 0.29) is 11.4 Å². The number of rotatable bonds is 4. The Bertz CT molecular complexity index is 333. The number of nitrogens with one attached hydrogen (secondary N) is 2. The van der Waals surface area contributed by atoms with Gasteiger partial charge >= 0.3 is 0 Å². The molecule has 1 aliphatic rings. The van der Waals surface area contributed by atoms with Gasteiger partial charge in [0, 0.05) is 18.1 Å². The Kier molecular flexibility index (Phi) is 6.72. The summed E-state index contributed by atoms with van der Waals surface area (Å²) in [6.45, 7) is 9.06. The van der Waals surface area contributed by atoms with Crippen LogP contribution in [0.15, 0.2) is 0 Å². The highest BCUT2D eigenvalue weighted by Gasteiger charge is 2.20. The summed E-state index contributed by atoms with van der Waals surface area (Å²) in [5.41, 5.74) is -0.199. The summed E-state index contributed by atoms with van der Waals surface area (Å²) in [6.07, 6.45) is 6.25. The van der Waals surface area contributed by atoms with Crippen LogP contribution in [0.1, 0.15) is 59.8 Å². The van der Waals surface area contributed by atoms with Gasteiger partial charge in [-0.1, -0.05) is 19.3 Å². The minimum atomic E-state index is -0.199. The molecular formula is C15H29N3OS. The molecule has 0 aromatic carbocycles. The minimum absolute atomic E-state index is 0.0205. The van der Waals surface area contributed by atoms with Gasteiger partial charge in [0.25, 0.3) is 0 Å². The molecule has 116 valence electrons. The average molecular weight is 299 g/mol. The highest BCUT2D eigenvalue weighted by Crippen LogP contribution is 2.17. The number of carbonyl (C=O) groups is 1. The molecule has 0 bridgehead atoms. The van der Waals surface area contributed by atoms with Gasteiger partial charge in [-0.3, -0.25) is 4.79 Å². The zero-order valence-electron chi connectivity index (χ0n) is 13.3. The predicted octanol–water partition coefficient (Wildman–Crippen LogP) is 2.43. The molecule has 1 fully saturated rings. The van der Waals surface area contributed by atoms with Crippen LogP contribution in [0.3, 0.4) is 0 Å².